The summed E-state index contributed by atoms with van der Waals surface area (Å²) >= 11 is 0. The van der Waals surface area contributed by atoms with Gasteiger partial charge < -0.3 is 15.3 Å². The van der Waals surface area contributed by atoms with Gasteiger partial charge in [0, 0.05) is 12.2 Å². The lowest BCUT2D eigenvalue weighted by atomic mass is 9.96. The fourth-order valence-electron chi connectivity index (χ4n) is 2.53. The average Bonchev–Trinajstić information content (AvgIpc) is 2.61. The molecule has 1 aromatic rings. The molecule has 5 heteroatoms. The molecule has 1 aliphatic rings. The van der Waals surface area contributed by atoms with E-state index in [0.717, 1.165) is 17.7 Å². The number of carbonyl (C=O) groups is 2. The fraction of sp³-hybridized carbons (Fsp3) is 0.467. The summed E-state index contributed by atoms with van der Waals surface area (Å²) in [5.41, 5.74) is 1.62. The Bertz CT molecular complexity index is 516. The molecule has 2 amide bonds. The van der Waals surface area contributed by atoms with Crippen LogP contribution in [0, 0.1) is 5.92 Å². The Morgan fingerprint density at radius 3 is 2.85 bits per heavy atom. The Kier molecular flexibility index (Phi) is 4.39. The van der Waals surface area contributed by atoms with E-state index in [0.29, 0.717) is 6.54 Å². The molecule has 2 atom stereocenters. The molecule has 0 bridgehead atoms. The first kappa shape index (κ1) is 14.5. The van der Waals surface area contributed by atoms with Crippen molar-refractivity contribution in [2.75, 3.05) is 11.9 Å². The summed E-state index contributed by atoms with van der Waals surface area (Å²) in [6.45, 7) is 3.68. The van der Waals surface area contributed by atoms with Gasteiger partial charge in [0.25, 0.3) is 0 Å². The minimum absolute atomic E-state index is 0.0276. The highest BCUT2D eigenvalue weighted by molar-refractivity contribution is 5.99. The predicted octanol–water partition coefficient (Wildman–Crippen LogP) is 1.37. The highest BCUT2D eigenvalue weighted by Gasteiger charge is 2.36. The van der Waals surface area contributed by atoms with Gasteiger partial charge in [-0.15, -0.1) is 0 Å². The summed E-state index contributed by atoms with van der Waals surface area (Å²) in [5.74, 6) is -0.576. The largest absolute Gasteiger partial charge is 0.387 e. The smallest absolute Gasteiger partial charge is 0.249 e. The zero-order valence-corrected chi connectivity index (χ0v) is 11.8. The number of para-hydroxylation sites is 1. The molecule has 1 aliphatic heterocycles. The molecule has 2 rings (SSSR count). The van der Waals surface area contributed by atoms with Crippen LogP contribution in [0.2, 0.25) is 0 Å². The number of aliphatic hydroxyl groups excluding tert-OH is 1. The lowest BCUT2D eigenvalue weighted by Crippen LogP contribution is -2.49. The quantitative estimate of drug-likeness (QED) is 0.876. The summed E-state index contributed by atoms with van der Waals surface area (Å²) in [5, 5.41) is 12.0. The molecule has 2 N–H and O–H groups in total. The van der Waals surface area contributed by atoms with Crippen LogP contribution in [0.1, 0.15) is 25.8 Å². The highest BCUT2D eigenvalue weighted by atomic mass is 16.3. The van der Waals surface area contributed by atoms with Crippen molar-refractivity contribution in [2.24, 2.45) is 5.92 Å². The van der Waals surface area contributed by atoms with Crippen LogP contribution in [0.25, 0.3) is 0 Å². The zero-order valence-electron chi connectivity index (χ0n) is 11.8. The number of amides is 2. The van der Waals surface area contributed by atoms with Crippen LogP contribution in [-0.4, -0.2) is 34.5 Å². The lowest BCUT2D eigenvalue weighted by molar-refractivity contribution is -0.143. The second-order valence-corrected chi connectivity index (χ2v) is 5.16. The Morgan fingerprint density at radius 2 is 2.20 bits per heavy atom. The van der Waals surface area contributed by atoms with Crippen LogP contribution >= 0.6 is 0 Å². The maximum atomic E-state index is 12.4. The van der Waals surface area contributed by atoms with Gasteiger partial charge in [-0.25, -0.2) is 0 Å². The van der Waals surface area contributed by atoms with E-state index >= 15 is 0 Å². The van der Waals surface area contributed by atoms with Gasteiger partial charge in [-0.3, -0.25) is 9.59 Å². The molecule has 1 aromatic carbocycles. The fourth-order valence-corrected chi connectivity index (χ4v) is 2.53. The molecule has 0 saturated carbocycles. The van der Waals surface area contributed by atoms with E-state index in [2.05, 4.69) is 5.32 Å². The normalized spacial score (nSPS) is 19.9. The molecule has 0 fully saturated rings. The van der Waals surface area contributed by atoms with E-state index in [4.69, 9.17) is 5.11 Å². The van der Waals surface area contributed by atoms with Crippen molar-refractivity contribution in [3.8, 4) is 0 Å². The molecule has 108 valence electrons. The van der Waals surface area contributed by atoms with E-state index in [1.165, 1.54) is 4.90 Å². The second kappa shape index (κ2) is 6.05. The number of hydrogen-bond donors (Lipinski definition) is 2. The third kappa shape index (κ3) is 2.67. The number of rotatable bonds is 3. The van der Waals surface area contributed by atoms with Gasteiger partial charge >= 0.3 is 0 Å². The van der Waals surface area contributed by atoms with Crippen molar-refractivity contribution in [3.63, 3.8) is 0 Å². The van der Waals surface area contributed by atoms with Crippen molar-refractivity contribution in [1.29, 1.82) is 0 Å². The minimum Gasteiger partial charge on any atom is -0.387 e. The monoisotopic (exact) mass is 276 g/mol. The Morgan fingerprint density at radius 1 is 1.50 bits per heavy atom. The average molecular weight is 276 g/mol. The van der Waals surface area contributed by atoms with Gasteiger partial charge in [-0.1, -0.05) is 38.5 Å². The second-order valence-electron chi connectivity index (χ2n) is 5.16. The number of nitrogens with one attached hydrogen (secondary N) is 1. The third-order valence-corrected chi connectivity index (χ3v) is 3.86. The maximum Gasteiger partial charge on any atom is 0.249 e. The van der Waals surface area contributed by atoms with Crippen LogP contribution in [0.4, 0.5) is 5.69 Å². The molecule has 1 heterocycles. The number of carbonyl (C=O) groups excluding carboxylic acids is 2. The van der Waals surface area contributed by atoms with E-state index < -0.39 is 18.6 Å². The number of nitrogens with zero attached hydrogens (tertiary/aromatic N) is 1. The Labute approximate surface area is 118 Å². The molecule has 0 saturated heterocycles. The topological polar surface area (TPSA) is 69.6 Å². The number of hydrogen-bond acceptors (Lipinski definition) is 3. The summed E-state index contributed by atoms with van der Waals surface area (Å²) in [6.07, 6.45) is 0.781. The minimum atomic E-state index is -0.581. The van der Waals surface area contributed by atoms with Gasteiger partial charge in [-0.05, 0) is 17.5 Å². The molecule has 0 aliphatic carbocycles. The Hall–Kier alpha value is -1.88. The molecule has 5 nitrogen and oxygen atoms in total. The molecular weight excluding hydrogens is 256 g/mol. The molecule has 20 heavy (non-hydrogen) atoms. The van der Waals surface area contributed by atoms with Crippen LogP contribution in [0.5, 0.6) is 0 Å². The van der Waals surface area contributed by atoms with Crippen molar-refractivity contribution < 1.29 is 14.7 Å². The number of anilines is 1. The van der Waals surface area contributed by atoms with Crippen molar-refractivity contribution in [3.05, 3.63) is 29.8 Å². The maximum absolute atomic E-state index is 12.4. The summed E-state index contributed by atoms with van der Waals surface area (Å²) in [4.78, 5) is 25.9. The van der Waals surface area contributed by atoms with Crippen LogP contribution in [-0.2, 0) is 16.1 Å². The van der Waals surface area contributed by atoms with Crippen LogP contribution in [0.3, 0.4) is 0 Å². The first-order valence-corrected chi connectivity index (χ1v) is 6.87. The van der Waals surface area contributed by atoms with Crippen molar-refractivity contribution in [1.82, 2.24) is 4.90 Å². The first-order valence-electron chi connectivity index (χ1n) is 6.87. The van der Waals surface area contributed by atoms with Gasteiger partial charge in [0.15, 0.2) is 0 Å². The Balaban J connectivity index is 2.42. The van der Waals surface area contributed by atoms with Gasteiger partial charge in [-0.2, -0.15) is 0 Å². The zero-order chi connectivity index (χ0) is 14.7. The van der Waals surface area contributed by atoms with E-state index in [1.807, 2.05) is 38.1 Å². The summed E-state index contributed by atoms with van der Waals surface area (Å²) < 4.78 is 0. The molecule has 0 aromatic heterocycles. The predicted molar refractivity (Wildman–Crippen MR) is 76.0 cm³/mol. The highest BCUT2D eigenvalue weighted by Crippen LogP contribution is 2.27. The van der Waals surface area contributed by atoms with E-state index in [-0.39, 0.29) is 11.8 Å². The molecular formula is C15H20N2O3. The van der Waals surface area contributed by atoms with E-state index in [1.54, 1.807) is 0 Å². The van der Waals surface area contributed by atoms with Gasteiger partial charge in [0.2, 0.25) is 11.8 Å². The lowest BCUT2D eigenvalue weighted by Gasteiger charge is -2.31. The molecule has 0 spiro atoms. The first-order chi connectivity index (χ1) is 9.58. The van der Waals surface area contributed by atoms with Gasteiger partial charge in [0.1, 0.15) is 12.6 Å². The van der Waals surface area contributed by atoms with Crippen LogP contribution < -0.4 is 5.32 Å². The van der Waals surface area contributed by atoms with E-state index in [9.17, 15) is 9.59 Å². The molecule has 2 unspecified atom stereocenters. The summed E-state index contributed by atoms with van der Waals surface area (Å²) in [6, 6.07) is 6.88. The molecule has 0 radical (unpaired) electrons. The summed E-state index contributed by atoms with van der Waals surface area (Å²) in [7, 11) is 0. The standard InChI is InChI=1S/C15H20N2O3/c1-3-10(2)14-15(20)16-12-7-5-4-6-11(12)8-17(14)13(19)9-18/h4-7,10,14,18H,3,8-9H2,1-2H3,(H,16,20). The number of fused-ring (bicyclic) bond motifs is 1. The van der Waals surface area contributed by atoms with Gasteiger partial charge in [0.05, 0.1) is 0 Å². The van der Waals surface area contributed by atoms with Crippen molar-refractivity contribution in [2.45, 2.75) is 32.9 Å². The number of aliphatic hydroxyl groups is 1. The SMILES string of the molecule is CCC(C)C1C(=O)Nc2ccccc2CN1C(=O)CO. The van der Waals surface area contributed by atoms with Crippen LogP contribution in [0.15, 0.2) is 24.3 Å². The third-order valence-electron chi connectivity index (χ3n) is 3.86. The number of benzene rings is 1. The van der Waals surface area contributed by atoms with Crippen molar-refractivity contribution >= 4 is 17.5 Å².